The minimum absolute atomic E-state index is 0.0219. The Morgan fingerprint density at radius 2 is 1.36 bits per heavy atom. The summed E-state index contributed by atoms with van der Waals surface area (Å²) in [6, 6.07) is 10.7. The molecule has 1 saturated heterocycles. The highest BCUT2D eigenvalue weighted by Gasteiger charge is 2.32. The fourth-order valence-corrected chi connectivity index (χ4v) is 4.61. The van der Waals surface area contributed by atoms with Gasteiger partial charge in [-0.15, -0.1) is 0 Å². The van der Waals surface area contributed by atoms with Gasteiger partial charge in [-0.05, 0) is 18.2 Å². The van der Waals surface area contributed by atoms with Gasteiger partial charge in [0.25, 0.3) is 0 Å². The molecule has 7 heteroatoms. The smallest absolute Gasteiger partial charge is 0.243 e. The summed E-state index contributed by atoms with van der Waals surface area (Å²) < 4.78 is 32.1. The second-order valence-electron chi connectivity index (χ2n) is 5.93. The molecule has 0 aromatic heterocycles. The SMILES string of the molecule is O=C1c2ccccc2C(=O)c2cc(S(=O)(=O)N3CCOCC3)ccc21. The Kier molecular flexibility index (Phi) is 3.79. The monoisotopic (exact) mass is 357 g/mol. The molecule has 2 aliphatic rings. The first-order valence-electron chi connectivity index (χ1n) is 7.90. The fourth-order valence-electron chi connectivity index (χ4n) is 3.17. The van der Waals surface area contributed by atoms with E-state index in [2.05, 4.69) is 0 Å². The molecule has 0 unspecified atom stereocenters. The van der Waals surface area contributed by atoms with E-state index in [1.54, 1.807) is 24.3 Å². The summed E-state index contributed by atoms with van der Waals surface area (Å²) in [7, 11) is -3.72. The van der Waals surface area contributed by atoms with Crippen molar-refractivity contribution in [1.82, 2.24) is 4.31 Å². The Balaban J connectivity index is 1.80. The molecule has 1 aliphatic carbocycles. The standard InChI is InChI=1S/C18H15NO5S/c20-17-13-3-1-2-4-14(13)18(21)16-11-12(5-6-15(16)17)25(22,23)19-7-9-24-10-8-19/h1-6,11H,7-10H2. The third kappa shape index (κ3) is 2.52. The summed E-state index contributed by atoms with van der Waals surface area (Å²) in [5.41, 5.74) is 1.03. The van der Waals surface area contributed by atoms with Crippen molar-refractivity contribution in [2.75, 3.05) is 26.3 Å². The van der Waals surface area contributed by atoms with Gasteiger partial charge in [0.2, 0.25) is 10.0 Å². The van der Waals surface area contributed by atoms with Gasteiger partial charge >= 0.3 is 0 Å². The first-order valence-corrected chi connectivity index (χ1v) is 9.34. The molecule has 0 spiro atoms. The Labute approximate surface area is 145 Å². The van der Waals surface area contributed by atoms with Crippen molar-refractivity contribution in [2.24, 2.45) is 0 Å². The number of ether oxygens (including phenoxy) is 1. The molecule has 0 amide bonds. The van der Waals surface area contributed by atoms with Crippen LogP contribution < -0.4 is 0 Å². The van der Waals surface area contributed by atoms with Crippen molar-refractivity contribution in [3.05, 3.63) is 64.7 Å². The van der Waals surface area contributed by atoms with Crippen LogP contribution in [0.5, 0.6) is 0 Å². The van der Waals surface area contributed by atoms with Gasteiger partial charge in [-0.25, -0.2) is 8.42 Å². The van der Waals surface area contributed by atoms with Gasteiger partial charge in [-0.3, -0.25) is 9.59 Å². The fraction of sp³-hybridized carbons (Fsp3) is 0.222. The minimum atomic E-state index is -3.72. The molecule has 6 nitrogen and oxygen atoms in total. The Morgan fingerprint density at radius 1 is 0.800 bits per heavy atom. The second-order valence-corrected chi connectivity index (χ2v) is 7.87. The zero-order valence-electron chi connectivity index (χ0n) is 13.3. The predicted octanol–water partition coefficient (Wildman–Crippen LogP) is 1.48. The largest absolute Gasteiger partial charge is 0.379 e. The first kappa shape index (κ1) is 16.1. The van der Waals surface area contributed by atoms with Crippen molar-refractivity contribution >= 4 is 21.6 Å². The van der Waals surface area contributed by atoms with Crippen LogP contribution in [0.3, 0.4) is 0 Å². The van der Waals surface area contributed by atoms with E-state index in [-0.39, 0.29) is 40.7 Å². The molecule has 2 aromatic rings. The van der Waals surface area contributed by atoms with Crippen LogP contribution in [-0.2, 0) is 14.8 Å². The van der Waals surface area contributed by atoms with E-state index in [0.29, 0.717) is 24.3 Å². The van der Waals surface area contributed by atoms with Crippen LogP contribution in [0.25, 0.3) is 0 Å². The number of benzene rings is 2. The van der Waals surface area contributed by atoms with E-state index in [1.165, 1.54) is 22.5 Å². The molecule has 1 aliphatic heterocycles. The van der Waals surface area contributed by atoms with Crippen LogP contribution in [0.2, 0.25) is 0 Å². The zero-order chi connectivity index (χ0) is 17.6. The maximum absolute atomic E-state index is 12.8. The van der Waals surface area contributed by atoms with Gasteiger partial charge in [0.1, 0.15) is 0 Å². The average molecular weight is 357 g/mol. The third-order valence-corrected chi connectivity index (χ3v) is 6.40. The highest BCUT2D eigenvalue weighted by molar-refractivity contribution is 7.89. The maximum atomic E-state index is 12.8. The van der Waals surface area contributed by atoms with Crippen LogP contribution in [-0.4, -0.2) is 50.6 Å². The van der Waals surface area contributed by atoms with Gasteiger partial charge in [0.15, 0.2) is 11.6 Å². The van der Waals surface area contributed by atoms with Crippen molar-refractivity contribution in [3.63, 3.8) is 0 Å². The van der Waals surface area contributed by atoms with Crippen molar-refractivity contribution in [3.8, 4) is 0 Å². The lowest BCUT2D eigenvalue weighted by Gasteiger charge is -2.26. The number of hydrogen-bond donors (Lipinski definition) is 0. The normalized spacial score (nSPS) is 17.9. The lowest BCUT2D eigenvalue weighted by Crippen LogP contribution is -2.40. The molecular formula is C18H15NO5S. The van der Waals surface area contributed by atoms with E-state index in [4.69, 9.17) is 4.74 Å². The Hall–Kier alpha value is -2.35. The summed E-state index contributed by atoms with van der Waals surface area (Å²) in [6.07, 6.45) is 0. The molecule has 0 bridgehead atoms. The van der Waals surface area contributed by atoms with Crippen LogP contribution in [0.4, 0.5) is 0 Å². The molecule has 4 rings (SSSR count). The maximum Gasteiger partial charge on any atom is 0.243 e. The molecule has 1 fully saturated rings. The number of fused-ring (bicyclic) bond motifs is 2. The van der Waals surface area contributed by atoms with Crippen molar-refractivity contribution in [2.45, 2.75) is 4.90 Å². The summed E-state index contributed by atoms with van der Waals surface area (Å²) in [4.78, 5) is 25.3. The predicted molar refractivity (Wildman–Crippen MR) is 89.3 cm³/mol. The minimum Gasteiger partial charge on any atom is -0.379 e. The molecule has 128 valence electrons. The molecule has 25 heavy (non-hydrogen) atoms. The first-order chi connectivity index (χ1) is 12.0. The van der Waals surface area contributed by atoms with E-state index in [1.807, 2.05) is 0 Å². The Bertz CT molecular complexity index is 990. The van der Waals surface area contributed by atoms with E-state index in [0.717, 1.165) is 0 Å². The number of ketones is 2. The molecule has 0 N–H and O–H groups in total. The molecular weight excluding hydrogens is 342 g/mol. The molecule has 1 heterocycles. The summed E-state index contributed by atoms with van der Waals surface area (Å²) in [6.45, 7) is 1.23. The lowest BCUT2D eigenvalue weighted by molar-refractivity contribution is 0.0730. The van der Waals surface area contributed by atoms with E-state index in [9.17, 15) is 18.0 Å². The summed E-state index contributed by atoms with van der Waals surface area (Å²) >= 11 is 0. The molecule has 0 atom stereocenters. The summed E-state index contributed by atoms with van der Waals surface area (Å²) in [5, 5.41) is 0. The van der Waals surface area contributed by atoms with Crippen molar-refractivity contribution in [1.29, 1.82) is 0 Å². The van der Waals surface area contributed by atoms with Crippen LogP contribution in [0.15, 0.2) is 47.4 Å². The van der Waals surface area contributed by atoms with E-state index >= 15 is 0 Å². The topological polar surface area (TPSA) is 80.8 Å². The van der Waals surface area contributed by atoms with Crippen LogP contribution in [0, 0.1) is 0 Å². The molecule has 0 saturated carbocycles. The highest BCUT2D eigenvalue weighted by Crippen LogP contribution is 2.29. The zero-order valence-corrected chi connectivity index (χ0v) is 14.1. The van der Waals surface area contributed by atoms with Gasteiger partial charge in [0, 0.05) is 35.3 Å². The van der Waals surface area contributed by atoms with Crippen molar-refractivity contribution < 1.29 is 22.7 Å². The third-order valence-electron chi connectivity index (χ3n) is 4.50. The molecule has 2 aromatic carbocycles. The van der Waals surface area contributed by atoms with Crippen LogP contribution >= 0.6 is 0 Å². The highest BCUT2D eigenvalue weighted by atomic mass is 32.2. The quantitative estimate of drug-likeness (QED) is 0.694. The van der Waals surface area contributed by atoms with Gasteiger partial charge in [0.05, 0.1) is 18.1 Å². The number of sulfonamides is 1. The van der Waals surface area contributed by atoms with Crippen LogP contribution in [0.1, 0.15) is 31.8 Å². The number of hydrogen-bond acceptors (Lipinski definition) is 5. The Morgan fingerprint density at radius 3 is 2.00 bits per heavy atom. The average Bonchev–Trinajstić information content (AvgIpc) is 2.66. The van der Waals surface area contributed by atoms with Gasteiger partial charge in [-0.2, -0.15) is 4.31 Å². The number of carbonyl (C=O) groups is 2. The van der Waals surface area contributed by atoms with Gasteiger partial charge < -0.3 is 4.74 Å². The number of morpholine rings is 1. The summed E-state index contributed by atoms with van der Waals surface area (Å²) in [5.74, 6) is -0.593. The van der Waals surface area contributed by atoms with E-state index < -0.39 is 10.0 Å². The number of rotatable bonds is 2. The van der Waals surface area contributed by atoms with Gasteiger partial charge in [-0.1, -0.05) is 24.3 Å². The number of nitrogens with zero attached hydrogens (tertiary/aromatic N) is 1. The number of carbonyl (C=O) groups excluding carboxylic acids is 2. The molecule has 0 radical (unpaired) electrons. The second kappa shape index (κ2) is 5.87. The lowest BCUT2D eigenvalue weighted by atomic mass is 9.84.